The number of nitrogens with zero attached hydrogens (tertiary/aromatic N) is 1. The van der Waals surface area contributed by atoms with Gasteiger partial charge in [-0.3, -0.25) is 9.19 Å². The molecule has 1 atom stereocenters. The van der Waals surface area contributed by atoms with E-state index in [0.717, 1.165) is 4.88 Å². The zero-order valence-electron chi connectivity index (χ0n) is 9.96. The van der Waals surface area contributed by atoms with Crippen molar-refractivity contribution in [3.05, 3.63) is 34.8 Å². The van der Waals surface area contributed by atoms with Crippen LogP contribution in [0.5, 0.6) is 5.75 Å². The monoisotopic (exact) mass is 282 g/mol. The molecule has 0 radical (unpaired) electrons. The Kier molecular flexibility index (Phi) is 4.33. The normalized spacial score (nSPS) is 12.3. The van der Waals surface area contributed by atoms with Crippen molar-refractivity contribution in [3.63, 3.8) is 0 Å². The number of thiazole rings is 1. The van der Waals surface area contributed by atoms with Gasteiger partial charge in [0.05, 0.1) is 33.6 Å². The molecule has 1 aromatic heterocycles. The summed E-state index contributed by atoms with van der Waals surface area (Å²) in [5, 5.41) is 0. The highest BCUT2D eigenvalue weighted by Gasteiger charge is 2.11. The van der Waals surface area contributed by atoms with Crippen LogP contribution in [-0.2, 0) is 16.6 Å². The third kappa shape index (κ3) is 3.08. The Morgan fingerprint density at radius 1 is 1.50 bits per heavy atom. The number of hydrogen-bond acceptors (Lipinski definition) is 5. The van der Waals surface area contributed by atoms with Crippen molar-refractivity contribution in [1.82, 2.24) is 4.98 Å². The topological polar surface area (TPSA) is 65.2 Å². The summed E-state index contributed by atoms with van der Waals surface area (Å²) >= 11 is 1.49. The van der Waals surface area contributed by atoms with Gasteiger partial charge in [0.15, 0.2) is 0 Å². The molecule has 0 bridgehead atoms. The summed E-state index contributed by atoms with van der Waals surface area (Å²) in [6.45, 7) is 2.48. The van der Waals surface area contributed by atoms with Crippen LogP contribution in [0.4, 0.5) is 5.69 Å². The number of ether oxygens (including phenoxy) is 1. The van der Waals surface area contributed by atoms with Crippen LogP contribution in [0.1, 0.15) is 11.8 Å². The maximum absolute atomic E-state index is 12.2. The molecule has 96 valence electrons. The summed E-state index contributed by atoms with van der Waals surface area (Å²) in [4.78, 5) is 5.57. The second-order valence-electron chi connectivity index (χ2n) is 3.59. The lowest BCUT2D eigenvalue weighted by atomic mass is 10.3. The predicted molar refractivity (Wildman–Crippen MR) is 74.2 cm³/mol. The molecule has 0 saturated carbocycles. The number of nitrogens with two attached hydrogens (primary N) is 1. The van der Waals surface area contributed by atoms with Gasteiger partial charge in [-0.2, -0.15) is 0 Å². The zero-order chi connectivity index (χ0) is 13.0. The second kappa shape index (κ2) is 5.97. The molecule has 18 heavy (non-hydrogen) atoms. The maximum atomic E-state index is 12.2. The molecule has 0 amide bonds. The van der Waals surface area contributed by atoms with E-state index in [1.54, 1.807) is 29.9 Å². The minimum absolute atomic E-state index is 0.435. The molecule has 2 aromatic rings. The van der Waals surface area contributed by atoms with Gasteiger partial charge in [-0.15, -0.1) is 11.3 Å². The average molecular weight is 282 g/mol. The van der Waals surface area contributed by atoms with Crippen LogP contribution in [0.2, 0.25) is 0 Å². The average Bonchev–Trinajstić information content (AvgIpc) is 2.84. The molecule has 4 nitrogen and oxygen atoms in total. The Labute approximate surface area is 112 Å². The van der Waals surface area contributed by atoms with Gasteiger partial charge >= 0.3 is 0 Å². The Bertz CT molecular complexity index is 541. The van der Waals surface area contributed by atoms with Crippen LogP contribution >= 0.6 is 11.3 Å². The predicted octanol–water partition coefficient (Wildman–Crippen LogP) is 2.43. The Hall–Kier alpha value is -1.40. The lowest BCUT2D eigenvalue weighted by molar-refractivity contribution is 0.339. The van der Waals surface area contributed by atoms with Crippen molar-refractivity contribution < 1.29 is 8.95 Å². The van der Waals surface area contributed by atoms with Gasteiger partial charge in [0.1, 0.15) is 5.75 Å². The summed E-state index contributed by atoms with van der Waals surface area (Å²) in [5.74, 6) is 1.13. The van der Waals surface area contributed by atoms with Crippen molar-refractivity contribution in [2.75, 3.05) is 12.3 Å². The van der Waals surface area contributed by atoms with Crippen LogP contribution in [0.25, 0.3) is 0 Å². The first-order chi connectivity index (χ1) is 8.70. The fourth-order valence-electron chi connectivity index (χ4n) is 1.49. The van der Waals surface area contributed by atoms with Gasteiger partial charge < -0.3 is 10.5 Å². The van der Waals surface area contributed by atoms with Crippen LogP contribution in [-0.4, -0.2) is 15.8 Å². The quantitative estimate of drug-likeness (QED) is 0.855. The smallest absolute Gasteiger partial charge is 0.120 e. The molecule has 0 spiro atoms. The van der Waals surface area contributed by atoms with Crippen LogP contribution in [0, 0.1) is 0 Å². The van der Waals surface area contributed by atoms with Crippen molar-refractivity contribution in [2.24, 2.45) is 0 Å². The summed E-state index contributed by atoms with van der Waals surface area (Å²) < 4.78 is 17.6. The van der Waals surface area contributed by atoms with E-state index in [9.17, 15) is 4.21 Å². The number of nitrogen functional groups attached to an aromatic ring is 1. The van der Waals surface area contributed by atoms with Crippen molar-refractivity contribution in [1.29, 1.82) is 0 Å². The molecule has 0 saturated heterocycles. The summed E-state index contributed by atoms with van der Waals surface area (Å²) in [6, 6.07) is 5.26. The van der Waals surface area contributed by atoms with E-state index in [-0.39, 0.29) is 0 Å². The van der Waals surface area contributed by atoms with Crippen LogP contribution < -0.4 is 10.5 Å². The second-order valence-corrected chi connectivity index (χ2v) is 5.98. The molecule has 1 unspecified atom stereocenters. The molecule has 0 aliphatic carbocycles. The third-order valence-corrected chi connectivity index (χ3v) is 4.68. The Balaban J connectivity index is 2.20. The summed E-state index contributed by atoms with van der Waals surface area (Å²) in [7, 11) is -1.17. The molecular weight excluding hydrogens is 268 g/mol. The van der Waals surface area contributed by atoms with Crippen LogP contribution in [0.15, 0.2) is 34.8 Å². The fourth-order valence-corrected chi connectivity index (χ4v) is 3.53. The number of anilines is 1. The lowest BCUT2D eigenvalue weighted by Gasteiger charge is -2.08. The van der Waals surface area contributed by atoms with E-state index >= 15 is 0 Å². The van der Waals surface area contributed by atoms with E-state index < -0.39 is 10.8 Å². The van der Waals surface area contributed by atoms with Gasteiger partial charge in [-0.05, 0) is 25.1 Å². The lowest BCUT2D eigenvalue weighted by Crippen LogP contribution is -2.01. The van der Waals surface area contributed by atoms with Gasteiger partial charge in [-0.25, -0.2) is 0 Å². The maximum Gasteiger partial charge on any atom is 0.120 e. The van der Waals surface area contributed by atoms with Gasteiger partial charge in [0, 0.05) is 16.8 Å². The number of rotatable bonds is 5. The first kappa shape index (κ1) is 13.0. The molecule has 1 heterocycles. The summed E-state index contributed by atoms with van der Waals surface area (Å²) in [5.41, 5.74) is 8.11. The number of aromatic nitrogens is 1. The Morgan fingerprint density at radius 3 is 3.00 bits per heavy atom. The van der Waals surface area contributed by atoms with E-state index in [1.807, 2.05) is 6.92 Å². The van der Waals surface area contributed by atoms with Crippen molar-refractivity contribution >= 4 is 27.8 Å². The highest BCUT2D eigenvalue weighted by atomic mass is 32.2. The summed E-state index contributed by atoms with van der Waals surface area (Å²) in [6.07, 6.45) is 1.73. The molecule has 6 heteroatoms. The highest BCUT2D eigenvalue weighted by Crippen LogP contribution is 2.25. The van der Waals surface area contributed by atoms with Gasteiger partial charge in [0.25, 0.3) is 0 Å². The SMILES string of the molecule is CCOc1ccc(N)c(S(=O)Cc2cncs2)c1. The number of benzene rings is 1. The molecular formula is C12H14N2O2S2. The largest absolute Gasteiger partial charge is 0.494 e. The molecule has 0 aliphatic rings. The van der Waals surface area contributed by atoms with Crippen molar-refractivity contribution in [3.8, 4) is 5.75 Å². The van der Waals surface area contributed by atoms with Crippen molar-refractivity contribution in [2.45, 2.75) is 17.6 Å². The molecule has 0 aliphatic heterocycles. The minimum atomic E-state index is -1.17. The molecule has 0 fully saturated rings. The standard InChI is InChI=1S/C12H14N2O2S2/c1-2-16-9-3-4-11(13)12(5-9)18(15)7-10-6-14-8-17-10/h3-6,8H,2,7,13H2,1H3. The third-order valence-electron chi connectivity index (χ3n) is 2.30. The molecule has 2 N–H and O–H groups in total. The molecule has 2 rings (SSSR count). The Morgan fingerprint density at radius 2 is 2.33 bits per heavy atom. The first-order valence-electron chi connectivity index (χ1n) is 5.48. The van der Waals surface area contributed by atoms with E-state index in [1.165, 1.54) is 11.3 Å². The zero-order valence-corrected chi connectivity index (χ0v) is 11.6. The van der Waals surface area contributed by atoms with Crippen LogP contribution in [0.3, 0.4) is 0 Å². The van der Waals surface area contributed by atoms with E-state index in [0.29, 0.717) is 28.7 Å². The molecule has 1 aromatic carbocycles. The minimum Gasteiger partial charge on any atom is -0.494 e. The fraction of sp³-hybridized carbons (Fsp3) is 0.250. The van der Waals surface area contributed by atoms with E-state index in [4.69, 9.17) is 10.5 Å². The first-order valence-corrected chi connectivity index (χ1v) is 7.68. The van der Waals surface area contributed by atoms with Gasteiger partial charge in [-0.1, -0.05) is 0 Å². The van der Waals surface area contributed by atoms with Gasteiger partial charge in [0.2, 0.25) is 0 Å². The highest BCUT2D eigenvalue weighted by molar-refractivity contribution is 7.84. The van der Waals surface area contributed by atoms with E-state index in [2.05, 4.69) is 4.98 Å². The number of hydrogen-bond donors (Lipinski definition) is 1.